The maximum Gasteiger partial charge on any atom is 0.124 e. The summed E-state index contributed by atoms with van der Waals surface area (Å²) >= 11 is 6.05. The zero-order chi connectivity index (χ0) is 12.4. The van der Waals surface area contributed by atoms with Crippen molar-refractivity contribution in [1.29, 1.82) is 0 Å². The van der Waals surface area contributed by atoms with Crippen molar-refractivity contribution in [3.63, 3.8) is 0 Å². The fourth-order valence-electron chi connectivity index (χ4n) is 2.05. The van der Waals surface area contributed by atoms with Crippen LogP contribution in [0, 0.1) is 0 Å². The van der Waals surface area contributed by atoms with Crippen molar-refractivity contribution < 1.29 is 0 Å². The van der Waals surface area contributed by atoms with Gasteiger partial charge in [-0.2, -0.15) is 0 Å². The van der Waals surface area contributed by atoms with Crippen molar-refractivity contribution in [3.05, 3.63) is 29.0 Å². The van der Waals surface area contributed by atoms with Gasteiger partial charge in [-0.05, 0) is 38.6 Å². The summed E-state index contributed by atoms with van der Waals surface area (Å²) in [6, 6.07) is 6.23. The molecule has 0 atom stereocenters. The number of aromatic nitrogens is 2. The predicted octanol–water partition coefficient (Wildman–Crippen LogP) is 3.38. The SMILES string of the molecule is CCNCc1nc2ccc(Cl)cc2n1C(C)C. The second-order valence-corrected chi connectivity index (χ2v) is 4.84. The van der Waals surface area contributed by atoms with Crippen LogP contribution in [0.15, 0.2) is 18.2 Å². The van der Waals surface area contributed by atoms with Crippen LogP contribution in [0.1, 0.15) is 32.6 Å². The van der Waals surface area contributed by atoms with Crippen molar-refractivity contribution in [3.8, 4) is 0 Å². The van der Waals surface area contributed by atoms with Crippen molar-refractivity contribution in [2.45, 2.75) is 33.4 Å². The highest BCUT2D eigenvalue weighted by Crippen LogP contribution is 2.24. The lowest BCUT2D eigenvalue weighted by molar-refractivity contribution is 0.560. The quantitative estimate of drug-likeness (QED) is 0.903. The molecular weight excluding hydrogens is 234 g/mol. The Balaban J connectivity index is 2.54. The molecule has 0 radical (unpaired) electrons. The van der Waals surface area contributed by atoms with Gasteiger partial charge in [-0.3, -0.25) is 0 Å². The van der Waals surface area contributed by atoms with E-state index in [0.717, 1.165) is 35.0 Å². The number of benzene rings is 1. The van der Waals surface area contributed by atoms with Gasteiger partial charge in [0.05, 0.1) is 17.6 Å². The standard InChI is InChI=1S/C13H18ClN3/c1-4-15-8-13-16-11-6-5-10(14)7-12(11)17(13)9(2)3/h5-7,9,15H,4,8H2,1-3H3. The van der Waals surface area contributed by atoms with E-state index in [1.54, 1.807) is 0 Å². The number of hydrogen-bond acceptors (Lipinski definition) is 2. The molecule has 0 spiro atoms. The summed E-state index contributed by atoms with van der Waals surface area (Å²) in [4.78, 5) is 4.65. The summed E-state index contributed by atoms with van der Waals surface area (Å²) in [6.45, 7) is 8.16. The Bertz CT molecular complexity index is 517. The first-order valence-corrected chi connectivity index (χ1v) is 6.38. The van der Waals surface area contributed by atoms with Crippen LogP contribution in [0.3, 0.4) is 0 Å². The van der Waals surface area contributed by atoms with Gasteiger partial charge in [0.1, 0.15) is 5.82 Å². The highest BCUT2D eigenvalue weighted by Gasteiger charge is 2.12. The van der Waals surface area contributed by atoms with Crippen molar-refractivity contribution in [1.82, 2.24) is 14.9 Å². The summed E-state index contributed by atoms with van der Waals surface area (Å²) < 4.78 is 2.24. The summed E-state index contributed by atoms with van der Waals surface area (Å²) in [6.07, 6.45) is 0. The minimum atomic E-state index is 0.382. The molecule has 0 aliphatic carbocycles. The van der Waals surface area contributed by atoms with Gasteiger partial charge in [-0.1, -0.05) is 18.5 Å². The first-order chi connectivity index (χ1) is 8.13. The van der Waals surface area contributed by atoms with Gasteiger partial charge in [0, 0.05) is 11.1 Å². The number of halogens is 1. The molecule has 0 saturated carbocycles. The van der Waals surface area contributed by atoms with Gasteiger partial charge >= 0.3 is 0 Å². The second-order valence-electron chi connectivity index (χ2n) is 4.41. The summed E-state index contributed by atoms with van der Waals surface area (Å²) in [5.41, 5.74) is 2.12. The van der Waals surface area contributed by atoms with Gasteiger partial charge in [0.15, 0.2) is 0 Å². The Morgan fingerprint density at radius 3 is 2.82 bits per heavy atom. The number of fused-ring (bicyclic) bond motifs is 1. The summed E-state index contributed by atoms with van der Waals surface area (Å²) in [5, 5.41) is 4.08. The Morgan fingerprint density at radius 1 is 1.41 bits per heavy atom. The van der Waals surface area contributed by atoms with Crippen LogP contribution in [0.25, 0.3) is 11.0 Å². The molecule has 4 heteroatoms. The molecule has 0 amide bonds. The molecule has 0 saturated heterocycles. The minimum absolute atomic E-state index is 0.382. The Hall–Kier alpha value is -1.06. The van der Waals surface area contributed by atoms with Crippen LogP contribution < -0.4 is 5.32 Å². The lowest BCUT2D eigenvalue weighted by atomic mass is 10.3. The zero-order valence-electron chi connectivity index (χ0n) is 10.5. The predicted molar refractivity (Wildman–Crippen MR) is 72.5 cm³/mol. The van der Waals surface area contributed by atoms with Crippen molar-refractivity contribution >= 4 is 22.6 Å². The Kier molecular flexibility index (Phi) is 3.69. The molecule has 3 nitrogen and oxygen atoms in total. The molecule has 1 heterocycles. The molecule has 0 aliphatic rings. The van der Waals surface area contributed by atoms with E-state index < -0.39 is 0 Å². The van der Waals surface area contributed by atoms with Gasteiger partial charge in [-0.15, -0.1) is 0 Å². The third-order valence-electron chi connectivity index (χ3n) is 2.77. The number of hydrogen-bond donors (Lipinski definition) is 1. The molecule has 0 fully saturated rings. The number of rotatable bonds is 4. The Labute approximate surface area is 107 Å². The van der Waals surface area contributed by atoms with Crippen LogP contribution in [0.5, 0.6) is 0 Å². The molecule has 2 rings (SSSR count). The molecule has 1 aromatic carbocycles. The van der Waals surface area contributed by atoms with Crippen molar-refractivity contribution in [2.75, 3.05) is 6.54 Å². The topological polar surface area (TPSA) is 29.9 Å². The molecular formula is C13H18ClN3. The fourth-order valence-corrected chi connectivity index (χ4v) is 2.22. The van der Waals surface area contributed by atoms with Gasteiger partial charge in [0.2, 0.25) is 0 Å². The van der Waals surface area contributed by atoms with E-state index in [1.165, 1.54) is 0 Å². The maximum atomic E-state index is 6.05. The van der Waals surface area contributed by atoms with E-state index in [-0.39, 0.29) is 0 Å². The molecule has 2 aromatic rings. The van der Waals surface area contributed by atoms with E-state index >= 15 is 0 Å². The van der Waals surface area contributed by atoms with E-state index in [9.17, 15) is 0 Å². The highest BCUT2D eigenvalue weighted by atomic mass is 35.5. The lowest BCUT2D eigenvalue weighted by Crippen LogP contribution is -2.17. The largest absolute Gasteiger partial charge is 0.324 e. The summed E-state index contributed by atoms with van der Waals surface area (Å²) in [5.74, 6) is 1.07. The van der Waals surface area contributed by atoms with Crippen LogP contribution >= 0.6 is 11.6 Å². The zero-order valence-corrected chi connectivity index (χ0v) is 11.3. The highest BCUT2D eigenvalue weighted by molar-refractivity contribution is 6.31. The Morgan fingerprint density at radius 2 is 2.18 bits per heavy atom. The molecule has 17 heavy (non-hydrogen) atoms. The van der Waals surface area contributed by atoms with Crippen LogP contribution in [-0.4, -0.2) is 16.1 Å². The number of nitrogens with zero attached hydrogens (tertiary/aromatic N) is 2. The van der Waals surface area contributed by atoms with E-state index in [4.69, 9.17) is 11.6 Å². The molecule has 0 aliphatic heterocycles. The average molecular weight is 252 g/mol. The van der Waals surface area contributed by atoms with Crippen molar-refractivity contribution in [2.24, 2.45) is 0 Å². The van der Waals surface area contributed by atoms with E-state index in [1.807, 2.05) is 18.2 Å². The van der Waals surface area contributed by atoms with Crippen LogP contribution in [0.4, 0.5) is 0 Å². The summed E-state index contributed by atoms with van der Waals surface area (Å²) in [7, 11) is 0. The lowest BCUT2D eigenvalue weighted by Gasteiger charge is -2.13. The van der Waals surface area contributed by atoms with Gasteiger partial charge < -0.3 is 9.88 Å². The minimum Gasteiger partial charge on any atom is -0.324 e. The first-order valence-electron chi connectivity index (χ1n) is 6.00. The average Bonchev–Trinajstić information content (AvgIpc) is 2.63. The molecule has 0 unspecified atom stereocenters. The molecule has 92 valence electrons. The van der Waals surface area contributed by atoms with E-state index in [2.05, 4.69) is 35.6 Å². The first kappa shape index (κ1) is 12.4. The molecule has 1 N–H and O–H groups in total. The fraction of sp³-hybridized carbons (Fsp3) is 0.462. The third kappa shape index (κ3) is 2.45. The normalized spacial score (nSPS) is 11.6. The smallest absolute Gasteiger partial charge is 0.124 e. The molecule has 0 bridgehead atoms. The van der Waals surface area contributed by atoms with E-state index in [0.29, 0.717) is 6.04 Å². The second kappa shape index (κ2) is 5.07. The van der Waals surface area contributed by atoms with Gasteiger partial charge in [-0.25, -0.2) is 4.98 Å². The maximum absolute atomic E-state index is 6.05. The van der Waals surface area contributed by atoms with Crippen LogP contribution in [0.2, 0.25) is 5.02 Å². The number of imidazole rings is 1. The molecule has 1 aromatic heterocycles. The number of nitrogens with one attached hydrogen (secondary N) is 1. The van der Waals surface area contributed by atoms with Gasteiger partial charge in [0.25, 0.3) is 0 Å². The van der Waals surface area contributed by atoms with Crippen LogP contribution in [-0.2, 0) is 6.54 Å². The monoisotopic (exact) mass is 251 g/mol. The third-order valence-corrected chi connectivity index (χ3v) is 3.01.